The lowest BCUT2D eigenvalue weighted by molar-refractivity contribution is -0.0684. The van der Waals surface area contributed by atoms with Crippen molar-refractivity contribution in [1.29, 1.82) is 0 Å². The molecular weight excluding hydrogens is 320 g/mol. The van der Waals surface area contributed by atoms with Crippen LogP contribution >= 0.6 is 11.8 Å². The van der Waals surface area contributed by atoms with Crippen molar-refractivity contribution in [2.75, 3.05) is 24.7 Å². The molecule has 2 aliphatic heterocycles. The summed E-state index contributed by atoms with van der Waals surface area (Å²) in [7, 11) is 0. The van der Waals surface area contributed by atoms with E-state index in [1.165, 1.54) is 16.9 Å². The zero-order chi connectivity index (χ0) is 16.8. The molecule has 0 aromatic heterocycles. The first-order chi connectivity index (χ1) is 11.7. The number of ether oxygens (including phenoxy) is 1. The van der Waals surface area contributed by atoms with Crippen LogP contribution in [0.4, 0.5) is 4.79 Å². The third-order valence-corrected chi connectivity index (χ3v) is 6.29. The van der Waals surface area contributed by atoms with E-state index < -0.39 is 0 Å². The van der Waals surface area contributed by atoms with Gasteiger partial charge in [0.15, 0.2) is 0 Å². The van der Waals surface area contributed by atoms with E-state index in [2.05, 4.69) is 41.8 Å². The van der Waals surface area contributed by atoms with E-state index in [4.69, 9.17) is 4.74 Å². The molecule has 0 radical (unpaired) electrons. The molecule has 5 heteroatoms. The van der Waals surface area contributed by atoms with E-state index in [0.717, 1.165) is 44.5 Å². The van der Waals surface area contributed by atoms with Crippen molar-refractivity contribution in [2.45, 2.75) is 50.7 Å². The third kappa shape index (κ3) is 4.67. The van der Waals surface area contributed by atoms with Crippen LogP contribution in [0.25, 0.3) is 0 Å². The molecule has 1 aromatic carbocycles. The van der Waals surface area contributed by atoms with Gasteiger partial charge >= 0.3 is 6.03 Å². The van der Waals surface area contributed by atoms with Crippen LogP contribution in [0.3, 0.4) is 0 Å². The maximum atomic E-state index is 12.1. The summed E-state index contributed by atoms with van der Waals surface area (Å²) < 4.78 is 6.00. The lowest BCUT2D eigenvalue weighted by Gasteiger charge is -2.37. The maximum absolute atomic E-state index is 12.1. The van der Waals surface area contributed by atoms with Gasteiger partial charge in [0.1, 0.15) is 0 Å². The van der Waals surface area contributed by atoms with E-state index in [1.54, 1.807) is 0 Å². The molecule has 2 N–H and O–H groups in total. The minimum atomic E-state index is -0.0347. The molecule has 132 valence electrons. The molecule has 0 saturated carbocycles. The number of amides is 2. The maximum Gasteiger partial charge on any atom is 0.315 e. The van der Waals surface area contributed by atoms with Crippen molar-refractivity contribution in [3.05, 3.63) is 35.4 Å². The van der Waals surface area contributed by atoms with E-state index in [9.17, 15) is 4.79 Å². The fourth-order valence-electron chi connectivity index (χ4n) is 3.62. The third-order valence-electron chi connectivity index (χ3n) is 5.07. The predicted octanol–water partition coefficient (Wildman–Crippen LogP) is 3.28. The number of carbonyl (C=O) groups is 1. The molecule has 3 rings (SSSR count). The van der Waals surface area contributed by atoms with Crippen molar-refractivity contribution >= 4 is 17.8 Å². The second kappa shape index (κ2) is 8.26. The van der Waals surface area contributed by atoms with Crippen LogP contribution in [0.1, 0.15) is 36.8 Å². The fraction of sp³-hybridized carbons (Fsp3) is 0.632. The summed E-state index contributed by atoms with van der Waals surface area (Å²) in [6.07, 6.45) is 4.96. The number of aryl methyl sites for hydroxylation is 2. The normalized spacial score (nSPS) is 26.5. The van der Waals surface area contributed by atoms with Gasteiger partial charge in [0, 0.05) is 24.9 Å². The Morgan fingerprint density at radius 3 is 3.08 bits per heavy atom. The topological polar surface area (TPSA) is 50.4 Å². The molecule has 2 amide bonds. The number of thioether (sulfide) groups is 1. The number of hydrogen-bond acceptors (Lipinski definition) is 3. The highest BCUT2D eigenvalue weighted by atomic mass is 32.2. The number of hydrogen-bond donors (Lipinski definition) is 2. The number of urea groups is 1. The highest BCUT2D eigenvalue weighted by Crippen LogP contribution is 2.38. The molecule has 4 nitrogen and oxygen atoms in total. The second-order valence-electron chi connectivity index (χ2n) is 6.95. The minimum absolute atomic E-state index is 0.0195. The lowest BCUT2D eigenvalue weighted by atomic mass is 9.90. The molecule has 2 fully saturated rings. The van der Waals surface area contributed by atoms with E-state index >= 15 is 0 Å². The zero-order valence-corrected chi connectivity index (χ0v) is 15.3. The molecule has 0 unspecified atom stereocenters. The van der Waals surface area contributed by atoms with Gasteiger partial charge in [-0.05, 0) is 55.9 Å². The van der Waals surface area contributed by atoms with Crippen LogP contribution in [0.15, 0.2) is 24.3 Å². The molecule has 2 atom stereocenters. The summed E-state index contributed by atoms with van der Waals surface area (Å²) in [6.45, 7) is 3.61. The second-order valence-corrected chi connectivity index (χ2v) is 8.06. The molecule has 2 saturated heterocycles. The number of rotatable bonds is 5. The van der Waals surface area contributed by atoms with Crippen molar-refractivity contribution in [3.63, 3.8) is 0 Å². The predicted molar refractivity (Wildman–Crippen MR) is 99.7 cm³/mol. The minimum Gasteiger partial charge on any atom is -0.374 e. The number of benzene rings is 1. The Morgan fingerprint density at radius 1 is 1.42 bits per heavy atom. The van der Waals surface area contributed by atoms with Gasteiger partial charge < -0.3 is 15.4 Å². The number of carbonyl (C=O) groups excluding carboxylic acids is 1. The van der Waals surface area contributed by atoms with Crippen molar-refractivity contribution in [3.8, 4) is 0 Å². The average Bonchev–Trinajstić information content (AvgIpc) is 3.01. The summed E-state index contributed by atoms with van der Waals surface area (Å²) in [4.78, 5) is 12.1. The molecule has 0 bridgehead atoms. The molecule has 1 spiro atoms. The standard InChI is InChI=1S/C19H28N2O2S/c1-15-5-2-3-6-16(15)7-4-10-20-18(22)21-17-8-11-23-19(13-17)9-12-24-14-19/h2-3,5-6,17H,4,7-14H2,1H3,(H2,20,21,22)/t17-,19+/m1/s1. The SMILES string of the molecule is Cc1ccccc1CCCNC(=O)N[C@@H]1CCO[C@@]2(CCSC2)C1. The van der Waals surface area contributed by atoms with Crippen LogP contribution in [0, 0.1) is 6.92 Å². The Bertz CT molecular complexity index is 558. The Kier molecular flexibility index (Phi) is 6.06. The molecule has 2 aliphatic rings. The Hall–Kier alpha value is -1.20. The Morgan fingerprint density at radius 2 is 2.29 bits per heavy atom. The first kappa shape index (κ1) is 17.6. The highest BCUT2D eigenvalue weighted by molar-refractivity contribution is 7.99. The van der Waals surface area contributed by atoms with Gasteiger partial charge in [-0.25, -0.2) is 4.79 Å². The van der Waals surface area contributed by atoms with Gasteiger partial charge in [0.2, 0.25) is 0 Å². The molecule has 0 aliphatic carbocycles. The largest absolute Gasteiger partial charge is 0.374 e. The van der Waals surface area contributed by atoms with Crippen LogP contribution < -0.4 is 10.6 Å². The first-order valence-electron chi connectivity index (χ1n) is 8.97. The van der Waals surface area contributed by atoms with E-state index in [1.807, 2.05) is 11.8 Å². The molecular formula is C19H28N2O2S. The monoisotopic (exact) mass is 348 g/mol. The van der Waals surface area contributed by atoms with Crippen LogP contribution in [-0.4, -0.2) is 42.3 Å². The first-order valence-corrected chi connectivity index (χ1v) is 10.1. The fourth-order valence-corrected chi connectivity index (χ4v) is 5.00. The van der Waals surface area contributed by atoms with Crippen LogP contribution in [0.2, 0.25) is 0 Å². The average molecular weight is 349 g/mol. The summed E-state index contributed by atoms with van der Waals surface area (Å²) in [5.74, 6) is 2.25. The van der Waals surface area contributed by atoms with Gasteiger partial charge in [0.25, 0.3) is 0 Å². The van der Waals surface area contributed by atoms with Gasteiger partial charge in [-0.1, -0.05) is 24.3 Å². The van der Waals surface area contributed by atoms with Gasteiger partial charge in [0.05, 0.1) is 5.60 Å². The van der Waals surface area contributed by atoms with E-state index in [0.29, 0.717) is 6.54 Å². The Balaban J connectivity index is 1.36. The molecule has 1 aromatic rings. The van der Waals surface area contributed by atoms with E-state index in [-0.39, 0.29) is 17.7 Å². The van der Waals surface area contributed by atoms with Crippen molar-refractivity contribution in [1.82, 2.24) is 10.6 Å². The van der Waals surface area contributed by atoms with Gasteiger partial charge in [-0.2, -0.15) is 11.8 Å². The summed E-state index contributed by atoms with van der Waals surface area (Å²) in [6, 6.07) is 8.65. The van der Waals surface area contributed by atoms with Crippen molar-refractivity contribution < 1.29 is 9.53 Å². The zero-order valence-electron chi connectivity index (χ0n) is 14.5. The Labute approximate surface area is 149 Å². The van der Waals surface area contributed by atoms with Crippen molar-refractivity contribution in [2.24, 2.45) is 0 Å². The number of nitrogens with one attached hydrogen (secondary N) is 2. The molecule has 2 heterocycles. The van der Waals surface area contributed by atoms with Crippen LogP contribution in [-0.2, 0) is 11.2 Å². The summed E-state index contributed by atoms with van der Waals surface area (Å²) in [5, 5.41) is 6.14. The smallest absolute Gasteiger partial charge is 0.315 e. The van der Waals surface area contributed by atoms with Gasteiger partial charge in [-0.3, -0.25) is 0 Å². The molecule has 24 heavy (non-hydrogen) atoms. The van der Waals surface area contributed by atoms with Crippen LogP contribution in [0.5, 0.6) is 0 Å². The summed E-state index contributed by atoms with van der Waals surface area (Å²) >= 11 is 1.96. The quantitative estimate of drug-likeness (QED) is 0.803. The summed E-state index contributed by atoms with van der Waals surface area (Å²) in [5.41, 5.74) is 2.71. The lowest BCUT2D eigenvalue weighted by Crippen LogP contribution is -2.51. The highest BCUT2D eigenvalue weighted by Gasteiger charge is 2.40. The van der Waals surface area contributed by atoms with Gasteiger partial charge in [-0.15, -0.1) is 0 Å².